The van der Waals surface area contributed by atoms with Gasteiger partial charge in [0, 0.05) is 30.8 Å². The molecule has 0 saturated carbocycles. The van der Waals surface area contributed by atoms with Crippen LogP contribution >= 0.6 is 0 Å². The van der Waals surface area contributed by atoms with E-state index in [0.29, 0.717) is 19.6 Å². The fourth-order valence-corrected chi connectivity index (χ4v) is 3.54. The van der Waals surface area contributed by atoms with Crippen LogP contribution < -0.4 is 14.2 Å². The Balaban J connectivity index is 1.53. The fraction of sp³-hybridized carbons (Fsp3) is 0.318. The van der Waals surface area contributed by atoms with E-state index < -0.39 is 6.10 Å². The number of rotatable bonds is 8. The number of benzene rings is 2. The van der Waals surface area contributed by atoms with Crippen LogP contribution in [0.15, 0.2) is 48.7 Å². The molecule has 0 amide bonds. The summed E-state index contributed by atoms with van der Waals surface area (Å²) in [6.07, 6.45) is 1.40. The average Bonchev–Trinajstić information content (AvgIpc) is 3.36. The van der Waals surface area contributed by atoms with Gasteiger partial charge in [0.05, 0.1) is 25.1 Å². The van der Waals surface area contributed by atoms with Gasteiger partial charge in [-0.2, -0.15) is 5.10 Å². The van der Waals surface area contributed by atoms with Crippen LogP contribution in [0.25, 0.3) is 11.3 Å². The predicted octanol–water partition coefficient (Wildman–Crippen LogP) is 3.20. The average molecular weight is 395 g/mol. The smallest absolute Gasteiger partial charge is 0.231 e. The van der Waals surface area contributed by atoms with Gasteiger partial charge in [-0.15, -0.1) is 0 Å². The van der Waals surface area contributed by atoms with Gasteiger partial charge in [-0.25, -0.2) is 0 Å². The number of ether oxygens (including phenoxy) is 3. The molecular formula is C22H25N3O4. The Morgan fingerprint density at radius 1 is 1.14 bits per heavy atom. The monoisotopic (exact) mass is 395 g/mol. The van der Waals surface area contributed by atoms with Gasteiger partial charge < -0.3 is 19.3 Å². The van der Waals surface area contributed by atoms with Crippen LogP contribution in [-0.4, -0.2) is 46.8 Å². The van der Waals surface area contributed by atoms with Gasteiger partial charge >= 0.3 is 0 Å². The van der Waals surface area contributed by atoms with Crippen molar-refractivity contribution in [2.45, 2.75) is 26.1 Å². The van der Waals surface area contributed by atoms with Crippen molar-refractivity contribution in [3.63, 3.8) is 0 Å². The van der Waals surface area contributed by atoms with Gasteiger partial charge in [0.1, 0.15) is 5.75 Å². The van der Waals surface area contributed by atoms with Crippen LogP contribution in [0, 0.1) is 0 Å². The molecule has 0 saturated heterocycles. The number of methoxy groups -OCH3 is 1. The van der Waals surface area contributed by atoms with Crippen LogP contribution in [0.1, 0.15) is 18.1 Å². The van der Waals surface area contributed by atoms with E-state index in [1.807, 2.05) is 48.7 Å². The van der Waals surface area contributed by atoms with E-state index in [0.717, 1.165) is 39.6 Å². The molecule has 152 valence electrons. The van der Waals surface area contributed by atoms with Crippen LogP contribution in [-0.2, 0) is 13.1 Å². The normalized spacial score (nSPS) is 13.7. The van der Waals surface area contributed by atoms with Gasteiger partial charge in [0.2, 0.25) is 6.79 Å². The topological polar surface area (TPSA) is 79.8 Å². The number of fused-ring (bicyclic) bond motifs is 1. The van der Waals surface area contributed by atoms with Crippen LogP contribution in [0.4, 0.5) is 0 Å². The molecule has 2 N–H and O–H groups in total. The van der Waals surface area contributed by atoms with E-state index in [1.54, 1.807) is 14.0 Å². The molecule has 1 aliphatic heterocycles. The lowest BCUT2D eigenvalue weighted by Crippen LogP contribution is -2.30. The molecule has 0 spiro atoms. The summed E-state index contributed by atoms with van der Waals surface area (Å²) in [5.41, 5.74) is 4.17. The maximum Gasteiger partial charge on any atom is 0.231 e. The molecule has 1 atom stereocenters. The highest BCUT2D eigenvalue weighted by Gasteiger charge is 2.18. The number of aliphatic hydroxyl groups is 1. The number of nitrogens with zero attached hydrogens (tertiary/aromatic N) is 2. The second-order valence-electron chi connectivity index (χ2n) is 7.20. The molecule has 2 aromatic carbocycles. The fourth-order valence-electron chi connectivity index (χ4n) is 3.54. The lowest BCUT2D eigenvalue weighted by molar-refractivity contribution is 0.118. The van der Waals surface area contributed by atoms with Crippen molar-refractivity contribution in [3.05, 3.63) is 59.8 Å². The lowest BCUT2D eigenvalue weighted by Gasteiger charge is -2.24. The Labute approximate surface area is 169 Å². The first-order chi connectivity index (χ1) is 14.1. The molecule has 0 fully saturated rings. The quantitative estimate of drug-likeness (QED) is 0.610. The van der Waals surface area contributed by atoms with Crippen LogP contribution in [0.5, 0.6) is 17.2 Å². The van der Waals surface area contributed by atoms with Crippen molar-refractivity contribution in [3.8, 4) is 28.5 Å². The third-order valence-corrected chi connectivity index (χ3v) is 4.86. The predicted molar refractivity (Wildman–Crippen MR) is 109 cm³/mol. The Kier molecular flexibility index (Phi) is 5.69. The van der Waals surface area contributed by atoms with E-state index in [-0.39, 0.29) is 6.79 Å². The second kappa shape index (κ2) is 8.55. The number of H-pyrrole nitrogens is 1. The van der Waals surface area contributed by atoms with Gasteiger partial charge in [0.25, 0.3) is 0 Å². The van der Waals surface area contributed by atoms with Crippen molar-refractivity contribution in [2.24, 2.45) is 0 Å². The van der Waals surface area contributed by atoms with Crippen molar-refractivity contribution in [2.75, 3.05) is 20.4 Å². The van der Waals surface area contributed by atoms with E-state index in [1.165, 1.54) is 0 Å². The molecule has 7 nitrogen and oxygen atoms in total. The minimum atomic E-state index is -0.444. The molecule has 4 rings (SSSR count). The summed E-state index contributed by atoms with van der Waals surface area (Å²) in [6.45, 7) is 3.93. The summed E-state index contributed by atoms with van der Waals surface area (Å²) < 4.78 is 16.1. The maximum absolute atomic E-state index is 10.0. The van der Waals surface area contributed by atoms with Crippen molar-refractivity contribution in [1.82, 2.24) is 15.1 Å². The Bertz CT molecular complexity index is 953. The third-order valence-electron chi connectivity index (χ3n) is 4.86. The van der Waals surface area contributed by atoms with E-state index >= 15 is 0 Å². The minimum Gasteiger partial charge on any atom is -0.497 e. The molecule has 2 heterocycles. The third kappa shape index (κ3) is 4.52. The van der Waals surface area contributed by atoms with E-state index in [4.69, 9.17) is 14.2 Å². The summed E-state index contributed by atoms with van der Waals surface area (Å²) in [6, 6.07) is 13.8. The lowest BCUT2D eigenvalue weighted by atomic mass is 10.1. The molecular weight excluding hydrogens is 370 g/mol. The maximum atomic E-state index is 10.0. The highest BCUT2D eigenvalue weighted by Crippen LogP contribution is 2.33. The van der Waals surface area contributed by atoms with Gasteiger partial charge in [-0.1, -0.05) is 6.07 Å². The molecule has 1 aromatic heterocycles. The first-order valence-electron chi connectivity index (χ1n) is 9.58. The molecule has 0 radical (unpaired) electrons. The van der Waals surface area contributed by atoms with E-state index in [2.05, 4.69) is 15.1 Å². The molecule has 3 aromatic rings. The minimum absolute atomic E-state index is 0.260. The zero-order valence-corrected chi connectivity index (χ0v) is 16.6. The molecule has 1 unspecified atom stereocenters. The number of hydrogen-bond donors (Lipinski definition) is 2. The zero-order valence-electron chi connectivity index (χ0n) is 16.6. The van der Waals surface area contributed by atoms with Gasteiger partial charge in [-0.3, -0.25) is 10.00 Å². The zero-order chi connectivity index (χ0) is 20.2. The number of aromatic nitrogens is 2. The summed E-state index contributed by atoms with van der Waals surface area (Å²) in [5, 5.41) is 17.3. The first-order valence-corrected chi connectivity index (χ1v) is 9.58. The van der Waals surface area contributed by atoms with Crippen molar-refractivity contribution >= 4 is 0 Å². The first kappa shape index (κ1) is 19.3. The number of hydrogen-bond acceptors (Lipinski definition) is 6. The summed E-state index contributed by atoms with van der Waals surface area (Å²) in [5.74, 6) is 2.35. The highest BCUT2D eigenvalue weighted by atomic mass is 16.7. The summed E-state index contributed by atoms with van der Waals surface area (Å²) in [4.78, 5) is 2.19. The second-order valence-corrected chi connectivity index (χ2v) is 7.20. The number of nitrogens with one attached hydrogen (secondary N) is 1. The van der Waals surface area contributed by atoms with Crippen LogP contribution in [0.3, 0.4) is 0 Å². The molecule has 0 bridgehead atoms. The number of aliphatic hydroxyl groups excluding tert-OH is 1. The molecule has 7 heteroatoms. The molecule has 29 heavy (non-hydrogen) atoms. The summed E-state index contributed by atoms with van der Waals surface area (Å²) >= 11 is 0. The molecule has 1 aliphatic rings. The Hall–Kier alpha value is -3.03. The molecule has 0 aliphatic carbocycles. The van der Waals surface area contributed by atoms with Crippen molar-refractivity contribution in [1.29, 1.82) is 0 Å². The largest absolute Gasteiger partial charge is 0.497 e. The van der Waals surface area contributed by atoms with E-state index in [9.17, 15) is 5.11 Å². The Morgan fingerprint density at radius 2 is 1.93 bits per heavy atom. The highest BCUT2D eigenvalue weighted by molar-refractivity contribution is 5.63. The van der Waals surface area contributed by atoms with Gasteiger partial charge in [0.15, 0.2) is 11.5 Å². The number of aromatic amines is 1. The summed E-state index contributed by atoms with van der Waals surface area (Å²) in [7, 11) is 1.65. The Morgan fingerprint density at radius 3 is 2.69 bits per heavy atom. The SMILES string of the molecule is COc1ccc(-c2[nH]ncc2CN(Cc2ccc3c(c2)OCO3)CC(C)O)cc1. The standard InChI is InChI=1S/C22H25N3O4/c1-15(26)11-25(12-16-3-8-20-21(9-16)29-14-28-20)13-18-10-23-24-22(18)17-4-6-19(27-2)7-5-17/h3-10,15,26H,11-14H2,1-2H3,(H,23,24). The van der Waals surface area contributed by atoms with Crippen LogP contribution in [0.2, 0.25) is 0 Å². The van der Waals surface area contributed by atoms with Crippen molar-refractivity contribution < 1.29 is 19.3 Å². The van der Waals surface area contributed by atoms with Gasteiger partial charge in [-0.05, 0) is 48.9 Å².